The molecule has 1 aromatic carbocycles. The van der Waals surface area contributed by atoms with Gasteiger partial charge in [-0.25, -0.2) is 9.98 Å². The lowest BCUT2D eigenvalue weighted by molar-refractivity contribution is -0.119. The van der Waals surface area contributed by atoms with Gasteiger partial charge in [-0.15, -0.1) is 0 Å². The molecule has 2 aromatic rings. The normalized spacial score (nSPS) is 16.6. The Bertz CT molecular complexity index is 869. The summed E-state index contributed by atoms with van der Waals surface area (Å²) in [4.78, 5) is 21.4. The molecule has 0 atom stereocenters. The maximum absolute atomic E-state index is 12.4. The number of carbonyl (C=O) groups is 1. The van der Waals surface area contributed by atoms with E-state index < -0.39 is 0 Å². The molecule has 1 amide bonds. The molecule has 128 valence electrons. The number of nitrogens with zero attached hydrogens (tertiary/aromatic N) is 2. The Morgan fingerprint density at radius 1 is 1.24 bits per heavy atom. The van der Waals surface area contributed by atoms with Crippen molar-refractivity contribution in [3.63, 3.8) is 0 Å². The van der Waals surface area contributed by atoms with E-state index in [2.05, 4.69) is 21.4 Å². The van der Waals surface area contributed by atoms with Crippen molar-refractivity contribution in [2.45, 2.75) is 39.0 Å². The Kier molecular flexibility index (Phi) is 4.30. The number of carbonyl (C=O) groups excluding carboxylic acids is 1. The highest BCUT2D eigenvalue weighted by Gasteiger charge is 2.24. The summed E-state index contributed by atoms with van der Waals surface area (Å²) in [5, 5.41) is 3.68. The fourth-order valence-electron chi connectivity index (χ4n) is 3.61. The minimum absolute atomic E-state index is 0.111. The topological polar surface area (TPSA) is 54.4 Å². The molecule has 1 aromatic heterocycles. The Balaban J connectivity index is 1.57. The average Bonchev–Trinajstić information content (AvgIpc) is 3.25. The minimum atomic E-state index is 0.111. The highest BCUT2D eigenvalue weighted by atomic mass is 35.5. The third kappa shape index (κ3) is 3.31. The molecule has 0 unspecified atom stereocenters. The van der Waals surface area contributed by atoms with Crippen LogP contribution in [0.3, 0.4) is 0 Å². The molecule has 4 nitrogen and oxygen atoms in total. The molecule has 25 heavy (non-hydrogen) atoms. The van der Waals surface area contributed by atoms with Crippen molar-refractivity contribution in [1.29, 1.82) is 0 Å². The summed E-state index contributed by atoms with van der Waals surface area (Å²) in [5.74, 6) is 1.01. The van der Waals surface area contributed by atoms with Crippen LogP contribution in [-0.4, -0.2) is 16.6 Å². The quantitative estimate of drug-likeness (QED) is 0.857. The van der Waals surface area contributed by atoms with Crippen LogP contribution in [0.1, 0.15) is 42.4 Å². The molecule has 1 aliphatic heterocycles. The standard InChI is InChI=1S/C20H20ClN3O/c1-12-8-14-9-18(24-19(14)22-11-12)16-10-15(6-7-17(16)21)23-20(25)13-4-2-3-5-13/h6-8,10-11,13H,2-5,9H2,1H3,(H,23,25). The van der Waals surface area contributed by atoms with E-state index in [0.717, 1.165) is 59.6 Å². The second-order valence-corrected chi connectivity index (χ2v) is 7.30. The highest BCUT2D eigenvalue weighted by Crippen LogP contribution is 2.32. The molecule has 1 saturated carbocycles. The van der Waals surface area contributed by atoms with E-state index in [9.17, 15) is 4.79 Å². The Labute approximate surface area is 152 Å². The van der Waals surface area contributed by atoms with Crippen LogP contribution in [0.5, 0.6) is 0 Å². The van der Waals surface area contributed by atoms with Crippen LogP contribution in [0, 0.1) is 12.8 Å². The number of aryl methyl sites for hydroxylation is 1. The summed E-state index contributed by atoms with van der Waals surface area (Å²) < 4.78 is 0. The predicted octanol–water partition coefficient (Wildman–Crippen LogP) is 4.85. The van der Waals surface area contributed by atoms with E-state index in [0.29, 0.717) is 11.4 Å². The van der Waals surface area contributed by atoms with Gasteiger partial charge in [-0.3, -0.25) is 4.79 Å². The number of hydrogen-bond donors (Lipinski definition) is 1. The number of aliphatic imine (C=N–C) groups is 1. The van der Waals surface area contributed by atoms with Crippen molar-refractivity contribution in [2.75, 3.05) is 5.32 Å². The summed E-state index contributed by atoms with van der Waals surface area (Å²) in [6, 6.07) is 7.71. The van der Waals surface area contributed by atoms with E-state index in [1.807, 2.05) is 31.3 Å². The zero-order valence-electron chi connectivity index (χ0n) is 14.2. The van der Waals surface area contributed by atoms with Crippen LogP contribution in [0.2, 0.25) is 5.02 Å². The van der Waals surface area contributed by atoms with Crippen molar-refractivity contribution in [2.24, 2.45) is 10.9 Å². The van der Waals surface area contributed by atoms with E-state index >= 15 is 0 Å². The largest absolute Gasteiger partial charge is 0.326 e. The first-order chi connectivity index (χ1) is 12.1. The van der Waals surface area contributed by atoms with Gasteiger partial charge >= 0.3 is 0 Å². The van der Waals surface area contributed by atoms with Crippen LogP contribution in [-0.2, 0) is 11.2 Å². The van der Waals surface area contributed by atoms with Gasteiger partial charge in [0.25, 0.3) is 0 Å². The molecule has 2 aliphatic rings. The van der Waals surface area contributed by atoms with Crippen LogP contribution in [0.25, 0.3) is 0 Å². The second-order valence-electron chi connectivity index (χ2n) is 6.90. The Morgan fingerprint density at radius 3 is 2.84 bits per heavy atom. The second kappa shape index (κ2) is 6.60. The van der Waals surface area contributed by atoms with Crippen molar-refractivity contribution in [1.82, 2.24) is 4.98 Å². The summed E-state index contributed by atoms with van der Waals surface area (Å²) in [6.07, 6.45) is 6.80. The van der Waals surface area contributed by atoms with E-state index in [1.54, 1.807) is 0 Å². The number of nitrogens with one attached hydrogen (secondary N) is 1. The lowest BCUT2D eigenvalue weighted by Gasteiger charge is -2.12. The maximum atomic E-state index is 12.4. The molecule has 1 N–H and O–H groups in total. The van der Waals surface area contributed by atoms with Gasteiger partial charge in [-0.1, -0.05) is 30.5 Å². The molecule has 0 saturated heterocycles. The zero-order valence-corrected chi connectivity index (χ0v) is 14.9. The molecule has 0 bridgehead atoms. The number of anilines is 1. The van der Waals surface area contributed by atoms with Gasteiger partial charge in [0.1, 0.15) is 0 Å². The summed E-state index contributed by atoms with van der Waals surface area (Å²) in [7, 11) is 0. The zero-order chi connectivity index (χ0) is 17.4. The number of benzene rings is 1. The molecule has 0 spiro atoms. The number of pyridine rings is 1. The van der Waals surface area contributed by atoms with Crippen molar-refractivity contribution in [3.8, 4) is 0 Å². The predicted molar refractivity (Wildman–Crippen MR) is 101 cm³/mol. The van der Waals surface area contributed by atoms with E-state index in [1.165, 1.54) is 0 Å². The molecular weight excluding hydrogens is 334 g/mol. The molecule has 5 heteroatoms. The first-order valence-corrected chi connectivity index (χ1v) is 9.12. The fraction of sp³-hybridized carbons (Fsp3) is 0.350. The van der Waals surface area contributed by atoms with Crippen LogP contribution in [0.15, 0.2) is 35.5 Å². The summed E-state index contributed by atoms with van der Waals surface area (Å²) >= 11 is 6.40. The molecule has 1 aliphatic carbocycles. The molecule has 2 heterocycles. The molecular formula is C20H20ClN3O. The van der Waals surface area contributed by atoms with Gasteiger partial charge in [-0.05, 0) is 43.5 Å². The highest BCUT2D eigenvalue weighted by molar-refractivity contribution is 6.34. The van der Waals surface area contributed by atoms with Gasteiger partial charge in [0.05, 0.1) is 5.71 Å². The Hall–Kier alpha value is -2.20. The van der Waals surface area contributed by atoms with Gasteiger partial charge in [-0.2, -0.15) is 0 Å². The van der Waals surface area contributed by atoms with Crippen molar-refractivity contribution in [3.05, 3.63) is 52.2 Å². The number of aromatic nitrogens is 1. The van der Waals surface area contributed by atoms with Crippen LogP contribution >= 0.6 is 11.6 Å². The monoisotopic (exact) mass is 353 g/mol. The Morgan fingerprint density at radius 2 is 2.04 bits per heavy atom. The SMILES string of the molecule is Cc1cnc2c(c1)CC(c1cc(NC(=O)C3CCCC3)ccc1Cl)=N2. The fourth-order valence-corrected chi connectivity index (χ4v) is 3.84. The van der Waals surface area contributed by atoms with Crippen molar-refractivity contribution < 1.29 is 4.79 Å². The number of halogens is 1. The number of rotatable bonds is 3. The number of hydrogen-bond acceptors (Lipinski definition) is 3. The lowest BCUT2D eigenvalue weighted by Crippen LogP contribution is -2.20. The number of fused-ring (bicyclic) bond motifs is 1. The third-order valence-electron chi connectivity index (χ3n) is 4.95. The van der Waals surface area contributed by atoms with Gasteiger partial charge in [0.15, 0.2) is 5.82 Å². The maximum Gasteiger partial charge on any atom is 0.227 e. The van der Waals surface area contributed by atoms with E-state index in [4.69, 9.17) is 11.6 Å². The van der Waals surface area contributed by atoms with E-state index in [-0.39, 0.29) is 11.8 Å². The lowest BCUT2D eigenvalue weighted by atomic mass is 10.0. The minimum Gasteiger partial charge on any atom is -0.326 e. The van der Waals surface area contributed by atoms with Crippen LogP contribution in [0.4, 0.5) is 11.5 Å². The molecule has 4 rings (SSSR count). The summed E-state index contributed by atoms with van der Waals surface area (Å²) in [5.41, 5.74) is 4.78. The van der Waals surface area contributed by atoms with Gasteiger partial charge in [0.2, 0.25) is 5.91 Å². The first-order valence-electron chi connectivity index (χ1n) is 8.74. The number of amides is 1. The molecule has 0 radical (unpaired) electrons. The molecule has 1 fully saturated rings. The van der Waals surface area contributed by atoms with Gasteiger partial charge < -0.3 is 5.32 Å². The van der Waals surface area contributed by atoms with Crippen molar-refractivity contribution >= 4 is 34.7 Å². The third-order valence-corrected chi connectivity index (χ3v) is 5.28. The first kappa shape index (κ1) is 16.3. The average molecular weight is 354 g/mol. The van der Waals surface area contributed by atoms with Gasteiger partial charge in [0, 0.05) is 40.4 Å². The van der Waals surface area contributed by atoms with Crippen LogP contribution < -0.4 is 5.32 Å². The smallest absolute Gasteiger partial charge is 0.227 e. The summed E-state index contributed by atoms with van der Waals surface area (Å²) in [6.45, 7) is 2.03.